The van der Waals surface area contributed by atoms with E-state index in [1.54, 1.807) is 0 Å². The van der Waals surface area contributed by atoms with Crippen LogP contribution in [0.25, 0.3) is 0 Å². The number of hydrogen-bond donors (Lipinski definition) is 2. The predicted molar refractivity (Wildman–Crippen MR) is 63.8 cm³/mol. The van der Waals surface area contributed by atoms with Crippen molar-refractivity contribution in [3.8, 4) is 0 Å². The van der Waals surface area contributed by atoms with Crippen LogP contribution in [0.4, 0.5) is 0 Å². The summed E-state index contributed by atoms with van der Waals surface area (Å²) >= 11 is 0. The van der Waals surface area contributed by atoms with Crippen LogP contribution in [0, 0.1) is 5.92 Å². The van der Waals surface area contributed by atoms with Crippen LogP contribution in [-0.4, -0.2) is 43.2 Å². The predicted octanol–water partition coefficient (Wildman–Crippen LogP) is 0.798. The molecule has 0 spiro atoms. The van der Waals surface area contributed by atoms with E-state index in [1.807, 2.05) is 0 Å². The van der Waals surface area contributed by atoms with Crippen molar-refractivity contribution in [2.75, 3.05) is 26.2 Å². The van der Waals surface area contributed by atoms with Crippen LogP contribution in [0.15, 0.2) is 0 Å². The number of hydrogen-bond acceptors (Lipinski definition) is 3. The van der Waals surface area contributed by atoms with Gasteiger partial charge in [0.05, 0.1) is 0 Å². The van der Waals surface area contributed by atoms with E-state index in [9.17, 15) is 0 Å². The number of likely N-dealkylation sites (tertiary alicyclic amines) is 1. The third-order valence-corrected chi connectivity index (χ3v) is 3.91. The minimum atomic E-state index is 0.460. The molecule has 88 valence electrons. The molecule has 15 heavy (non-hydrogen) atoms. The highest BCUT2D eigenvalue weighted by atomic mass is 15.2. The molecule has 3 heteroatoms. The summed E-state index contributed by atoms with van der Waals surface area (Å²) < 4.78 is 0. The zero-order valence-corrected chi connectivity index (χ0v) is 9.91. The fourth-order valence-corrected chi connectivity index (χ4v) is 2.53. The topological polar surface area (TPSA) is 41.3 Å². The zero-order valence-electron chi connectivity index (χ0n) is 9.91. The van der Waals surface area contributed by atoms with Crippen LogP contribution < -0.4 is 11.1 Å². The van der Waals surface area contributed by atoms with Crippen molar-refractivity contribution < 1.29 is 0 Å². The molecule has 0 aromatic rings. The molecule has 0 aromatic carbocycles. The first-order valence-electron chi connectivity index (χ1n) is 6.51. The van der Waals surface area contributed by atoms with Crippen LogP contribution in [0.1, 0.15) is 32.6 Å². The summed E-state index contributed by atoms with van der Waals surface area (Å²) in [5.41, 5.74) is 5.88. The summed E-state index contributed by atoms with van der Waals surface area (Å²) in [5.74, 6) is 0.972. The molecule has 0 amide bonds. The quantitative estimate of drug-likeness (QED) is 0.707. The average Bonchev–Trinajstić information content (AvgIpc) is 3.00. The lowest BCUT2D eigenvalue weighted by Crippen LogP contribution is -2.42. The standard InChI is InChI=1S/C12H25N3/c1-2-10-9-12(10)14-5-8-15-6-3-11(13)4-7-15/h10-12,14H,2-9,13H2,1H3. The average molecular weight is 211 g/mol. The van der Waals surface area contributed by atoms with Gasteiger partial charge in [-0.1, -0.05) is 13.3 Å². The molecule has 2 atom stereocenters. The second kappa shape index (κ2) is 5.28. The Hall–Kier alpha value is -0.120. The van der Waals surface area contributed by atoms with Gasteiger partial charge in [-0.15, -0.1) is 0 Å². The maximum Gasteiger partial charge on any atom is 0.0107 e. The molecule has 1 aliphatic heterocycles. The number of nitrogens with one attached hydrogen (secondary N) is 1. The number of piperidine rings is 1. The SMILES string of the molecule is CCC1CC1NCCN1CCC(N)CC1. The second-order valence-corrected chi connectivity index (χ2v) is 5.14. The lowest BCUT2D eigenvalue weighted by molar-refractivity contribution is 0.213. The van der Waals surface area contributed by atoms with E-state index in [0.29, 0.717) is 6.04 Å². The Balaban J connectivity index is 1.51. The highest BCUT2D eigenvalue weighted by Crippen LogP contribution is 2.32. The first kappa shape index (κ1) is 11.4. The molecule has 0 radical (unpaired) electrons. The summed E-state index contributed by atoms with van der Waals surface area (Å²) in [6.07, 6.45) is 5.11. The maximum atomic E-state index is 5.88. The van der Waals surface area contributed by atoms with E-state index in [2.05, 4.69) is 17.1 Å². The van der Waals surface area contributed by atoms with Gasteiger partial charge in [0.25, 0.3) is 0 Å². The van der Waals surface area contributed by atoms with Crippen LogP contribution in [0.3, 0.4) is 0 Å². The number of nitrogens with two attached hydrogens (primary N) is 1. The van der Waals surface area contributed by atoms with Crippen molar-refractivity contribution in [1.82, 2.24) is 10.2 Å². The molecule has 2 aliphatic rings. The molecule has 1 saturated heterocycles. The van der Waals surface area contributed by atoms with Crippen molar-refractivity contribution in [2.45, 2.75) is 44.7 Å². The van der Waals surface area contributed by atoms with Gasteiger partial charge in [0.2, 0.25) is 0 Å². The fraction of sp³-hybridized carbons (Fsp3) is 1.00. The lowest BCUT2D eigenvalue weighted by Gasteiger charge is -2.30. The molecule has 1 heterocycles. The van der Waals surface area contributed by atoms with Crippen molar-refractivity contribution in [1.29, 1.82) is 0 Å². The van der Waals surface area contributed by atoms with Crippen LogP contribution in [0.5, 0.6) is 0 Å². The summed E-state index contributed by atoms with van der Waals surface area (Å²) in [5, 5.41) is 3.64. The highest BCUT2D eigenvalue weighted by Gasteiger charge is 2.34. The molecule has 3 N–H and O–H groups in total. The normalized spacial score (nSPS) is 33.2. The summed E-state index contributed by atoms with van der Waals surface area (Å²) in [4.78, 5) is 2.54. The van der Waals surface area contributed by atoms with Gasteiger partial charge in [-0.2, -0.15) is 0 Å². The maximum absolute atomic E-state index is 5.88. The highest BCUT2D eigenvalue weighted by molar-refractivity contribution is 4.92. The van der Waals surface area contributed by atoms with Gasteiger partial charge in [0.1, 0.15) is 0 Å². The van der Waals surface area contributed by atoms with E-state index in [1.165, 1.54) is 45.3 Å². The third kappa shape index (κ3) is 3.44. The Morgan fingerprint density at radius 3 is 2.67 bits per heavy atom. The van der Waals surface area contributed by atoms with Crippen molar-refractivity contribution in [2.24, 2.45) is 11.7 Å². The Labute approximate surface area is 93.4 Å². The molecule has 0 aromatic heterocycles. The fourth-order valence-electron chi connectivity index (χ4n) is 2.53. The van der Waals surface area contributed by atoms with Crippen molar-refractivity contribution >= 4 is 0 Å². The Bertz CT molecular complexity index is 187. The molecule has 2 rings (SSSR count). The van der Waals surface area contributed by atoms with Crippen LogP contribution in [-0.2, 0) is 0 Å². The largest absolute Gasteiger partial charge is 0.328 e. The second-order valence-electron chi connectivity index (χ2n) is 5.14. The number of nitrogens with zero attached hydrogens (tertiary/aromatic N) is 1. The Morgan fingerprint density at radius 2 is 2.07 bits per heavy atom. The van der Waals surface area contributed by atoms with Crippen LogP contribution in [0.2, 0.25) is 0 Å². The molecule has 2 unspecified atom stereocenters. The number of rotatable bonds is 5. The summed E-state index contributed by atoms with van der Waals surface area (Å²) in [6.45, 7) is 7.06. The van der Waals surface area contributed by atoms with Crippen LogP contribution >= 0.6 is 0 Å². The first-order chi connectivity index (χ1) is 7.29. The summed E-state index contributed by atoms with van der Waals surface area (Å²) in [7, 11) is 0. The lowest BCUT2D eigenvalue weighted by atomic mass is 10.1. The zero-order chi connectivity index (χ0) is 10.7. The monoisotopic (exact) mass is 211 g/mol. The van der Waals surface area contributed by atoms with Gasteiger partial charge in [0.15, 0.2) is 0 Å². The van der Waals surface area contributed by atoms with Gasteiger partial charge in [-0.3, -0.25) is 0 Å². The van der Waals surface area contributed by atoms with Gasteiger partial charge >= 0.3 is 0 Å². The molecule has 1 aliphatic carbocycles. The first-order valence-corrected chi connectivity index (χ1v) is 6.51. The molecular formula is C12H25N3. The molecule has 2 fully saturated rings. The molecule has 0 bridgehead atoms. The smallest absolute Gasteiger partial charge is 0.0107 e. The Morgan fingerprint density at radius 1 is 1.33 bits per heavy atom. The van der Waals surface area contributed by atoms with Gasteiger partial charge in [0, 0.05) is 25.2 Å². The molecule has 1 saturated carbocycles. The third-order valence-electron chi connectivity index (χ3n) is 3.91. The van der Waals surface area contributed by atoms with Crippen molar-refractivity contribution in [3.05, 3.63) is 0 Å². The van der Waals surface area contributed by atoms with E-state index in [4.69, 9.17) is 5.73 Å². The van der Waals surface area contributed by atoms with E-state index in [0.717, 1.165) is 18.5 Å². The minimum Gasteiger partial charge on any atom is -0.328 e. The minimum absolute atomic E-state index is 0.460. The molecular weight excluding hydrogens is 186 g/mol. The van der Waals surface area contributed by atoms with Gasteiger partial charge in [-0.05, 0) is 38.3 Å². The molecule has 3 nitrogen and oxygen atoms in total. The van der Waals surface area contributed by atoms with E-state index in [-0.39, 0.29) is 0 Å². The van der Waals surface area contributed by atoms with E-state index < -0.39 is 0 Å². The van der Waals surface area contributed by atoms with Gasteiger partial charge < -0.3 is 16.0 Å². The van der Waals surface area contributed by atoms with E-state index >= 15 is 0 Å². The summed E-state index contributed by atoms with van der Waals surface area (Å²) in [6, 6.07) is 1.30. The Kier molecular flexibility index (Phi) is 4.00. The van der Waals surface area contributed by atoms with Gasteiger partial charge in [-0.25, -0.2) is 0 Å². The van der Waals surface area contributed by atoms with Crippen molar-refractivity contribution in [3.63, 3.8) is 0 Å².